The maximum Gasteiger partial charge on any atom is 0.490 e. The molecule has 224 valence electrons. The molecule has 0 saturated carbocycles. The number of carbonyl (C=O) groups is 2. The predicted molar refractivity (Wildman–Crippen MR) is 138 cm³/mol. The van der Waals surface area contributed by atoms with E-state index in [9.17, 15) is 36.2 Å². The number of pyridine rings is 2. The van der Waals surface area contributed by atoms with Gasteiger partial charge in [-0.15, -0.1) is 0 Å². The van der Waals surface area contributed by atoms with E-state index in [1.54, 1.807) is 43.0 Å². The molecule has 1 atom stereocenters. The molecule has 1 aliphatic rings. The van der Waals surface area contributed by atoms with Gasteiger partial charge in [-0.2, -0.15) is 31.6 Å². The molecule has 1 aliphatic heterocycles. The Bertz CT molecular complexity index is 1610. The van der Waals surface area contributed by atoms with E-state index in [0.717, 1.165) is 28.2 Å². The molecule has 1 unspecified atom stereocenters. The smallest absolute Gasteiger partial charge is 0.490 e. The van der Waals surface area contributed by atoms with Gasteiger partial charge in [0.2, 0.25) is 0 Å². The standard InChI is InChI=1S/C21H14N6OS.2C2HF3O2/c1-29(28)13-4-5-14(12(9-13)10-22)21-26-18-15-6-8-23-11-17(15)25-20-16(19(18)27-21)3-2-7-24-20;2*3-2(4,5)1(6)7/h2-9,11H,1H3,(H,24,25)(H,26,27);2*(H,6,7). The third kappa shape index (κ3) is 7.78. The SMILES string of the molecule is C[S+]([O-])c1ccc(-c2nc3c([nH]2)-c2ccncc2Nc2ncccc2-3)c(C#N)c1.O=C(O)C(F)(F)F.O=C(O)C(F)(F)F. The number of hydrogen-bond donors (Lipinski definition) is 4. The number of hydrogen-bond acceptors (Lipinski definition) is 8. The first kappa shape index (κ1) is 32.4. The number of carboxylic acid groups (broad SMARTS) is 2. The van der Waals surface area contributed by atoms with Crippen LogP contribution in [0.25, 0.3) is 33.9 Å². The highest BCUT2D eigenvalue weighted by Crippen LogP contribution is 2.43. The van der Waals surface area contributed by atoms with Crippen LogP contribution in [-0.4, -0.2) is 65.2 Å². The Hall–Kier alpha value is -5.15. The molecule has 43 heavy (non-hydrogen) atoms. The molecule has 0 bridgehead atoms. The Morgan fingerprint density at radius 2 is 1.60 bits per heavy atom. The number of carboxylic acids is 2. The zero-order chi connectivity index (χ0) is 32.1. The number of H-pyrrole nitrogens is 1. The summed E-state index contributed by atoms with van der Waals surface area (Å²) in [5.74, 6) is -4.25. The predicted octanol–water partition coefficient (Wildman–Crippen LogP) is 5.13. The lowest BCUT2D eigenvalue weighted by atomic mass is 10.1. The molecule has 0 radical (unpaired) electrons. The number of aromatic nitrogens is 4. The number of aliphatic carboxylic acids is 2. The largest absolute Gasteiger partial charge is 0.612 e. The number of rotatable bonds is 2. The summed E-state index contributed by atoms with van der Waals surface area (Å²) in [5.41, 5.74) is 5.22. The van der Waals surface area contributed by atoms with Gasteiger partial charge in [0.15, 0.2) is 4.90 Å². The summed E-state index contributed by atoms with van der Waals surface area (Å²) in [5, 5.41) is 27.2. The van der Waals surface area contributed by atoms with Gasteiger partial charge < -0.3 is 25.1 Å². The van der Waals surface area contributed by atoms with Gasteiger partial charge in [0.1, 0.15) is 29.7 Å². The lowest BCUT2D eigenvalue weighted by Gasteiger charge is -2.08. The average Bonchev–Trinajstić information content (AvgIpc) is 3.32. The van der Waals surface area contributed by atoms with E-state index in [0.29, 0.717) is 27.7 Å². The Morgan fingerprint density at radius 3 is 2.16 bits per heavy atom. The lowest BCUT2D eigenvalue weighted by Crippen LogP contribution is -2.21. The highest BCUT2D eigenvalue weighted by molar-refractivity contribution is 7.90. The van der Waals surface area contributed by atoms with E-state index in [1.807, 2.05) is 18.2 Å². The summed E-state index contributed by atoms with van der Waals surface area (Å²) in [4.78, 5) is 35.2. The Morgan fingerprint density at radius 1 is 0.977 bits per heavy atom. The normalized spacial score (nSPS) is 12.2. The fraction of sp³-hybridized carbons (Fsp3) is 0.120. The lowest BCUT2D eigenvalue weighted by molar-refractivity contribution is -0.193. The molecule has 4 aromatic rings. The summed E-state index contributed by atoms with van der Waals surface area (Å²) < 4.78 is 75.3. The number of benzene rings is 1. The molecule has 0 spiro atoms. The van der Waals surface area contributed by atoms with Crippen molar-refractivity contribution in [2.75, 3.05) is 11.6 Å². The molecule has 4 N–H and O–H groups in total. The second kappa shape index (κ2) is 12.8. The first-order chi connectivity index (χ1) is 20.0. The van der Waals surface area contributed by atoms with E-state index in [1.165, 1.54) is 0 Å². The highest BCUT2D eigenvalue weighted by Gasteiger charge is 2.39. The fourth-order valence-corrected chi connectivity index (χ4v) is 3.97. The number of imidazole rings is 1. The second-order valence-corrected chi connectivity index (χ2v) is 9.51. The average molecular weight is 626 g/mol. The van der Waals surface area contributed by atoms with E-state index >= 15 is 0 Å². The zero-order valence-corrected chi connectivity index (χ0v) is 22.1. The van der Waals surface area contributed by atoms with Crippen molar-refractivity contribution >= 4 is 34.6 Å². The van der Waals surface area contributed by atoms with Crippen LogP contribution in [0.1, 0.15) is 5.56 Å². The molecule has 1 aromatic carbocycles. The molecule has 18 heteroatoms. The molecule has 0 amide bonds. The minimum Gasteiger partial charge on any atom is -0.612 e. The first-order valence-electron chi connectivity index (χ1n) is 11.3. The van der Waals surface area contributed by atoms with Crippen LogP contribution in [0.3, 0.4) is 0 Å². The number of nitrogens with one attached hydrogen (secondary N) is 2. The first-order valence-corrected chi connectivity index (χ1v) is 12.8. The minimum atomic E-state index is -5.08. The van der Waals surface area contributed by atoms with E-state index in [4.69, 9.17) is 24.8 Å². The van der Waals surface area contributed by atoms with Gasteiger partial charge in [0.25, 0.3) is 0 Å². The molecule has 0 fully saturated rings. The molecular weight excluding hydrogens is 610 g/mol. The zero-order valence-electron chi connectivity index (χ0n) is 21.3. The maximum atomic E-state index is 11.8. The monoisotopic (exact) mass is 626 g/mol. The Labute approximate surface area is 240 Å². The summed E-state index contributed by atoms with van der Waals surface area (Å²) in [6.45, 7) is 0. The Kier molecular flexibility index (Phi) is 9.63. The molecule has 11 nitrogen and oxygen atoms in total. The number of aromatic amines is 1. The Balaban J connectivity index is 0.000000303. The van der Waals surface area contributed by atoms with Crippen LogP contribution in [-0.2, 0) is 20.8 Å². The van der Waals surface area contributed by atoms with Crippen LogP contribution in [0.15, 0.2) is 59.9 Å². The third-order valence-electron chi connectivity index (χ3n) is 5.29. The van der Waals surface area contributed by atoms with Crippen LogP contribution in [0.5, 0.6) is 0 Å². The maximum absolute atomic E-state index is 11.8. The minimum absolute atomic E-state index is 0.418. The number of alkyl halides is 6. The van der Waals surface area contributed by atoms with Crippen LogP contribution in [0.2, 0.25) is 0 Å². The van der Waals surface area contributed by atoms with E-state index < -0.39 is 35.5 Å². The summed E-state index contributed by atoms with van der Waals surface area (Å²) >= 11 is -1.16. The molecular formula is C25H16F6N6O5S. The third-order valence-corrected chi connectivity index (χ3v) is 6.21. The number of fused-ring (bicyclic) bond motifs is 5. The van der Waals surface area contributed by atoms with Crippen LogP contribution in [0.4, 0.5) is 37.8 Å². The number of nitriles is 1. The van der Waals surface area contributed by atoms with Gasteiger partial charge in [0.05, 0.1) is 23.1 Å². The van der Waals surface area contributed by atoms with Crippen molar-refractivity contribution < 1.29 is 50.7 Å². The van der Waals surface area contributed by atoms with Gasteiger partial charge in [0, 0.05) is 35.2 Å². The van der Waals surface area contributed by atoms with Gasteiger partial charge in [-0.1, -0.05) is 0 Å². The topological polar surface area (TPSA) is 188 Å². The quantitative estimate of drug-likeness (QED) is 0.151. The van der Waals surface area contributed by atoms with Gasteiger partial charge in [-0.05, 0) is 41.5 Å². The summed E-state index contributed by atoms with van der Waals surface area (Å²) in [6, 6.07) is 13.1. The van der Waals surface area contributed by atoms with Crippen molar-refractivity contribution in [2.24, 2.45) is 0 Å². The molecule has 0 saturated heterocycles. The van der Waals surface area contributed by atoms with Crippen molar-refractivity contribution in [3.63, 3.8) is 0 Å². The van der Waals surface area contributed by atoms with Gasteiger partial charge in [-0.25, -0.2) is 19.6 Å². The van der Waals surface area contributed by atoms with Gasteiger partial charge in [-0.3, -0.25) is 4.98 Å². The highest BCUT2D eigenvalue weighted by atomic mass is 32.2. The molecule has 5 rings (SSSR count). The molecule has 3 aromatic heterocycles. The van der Waals surface area contributed by atoms with Crippen molar-refractivity contribution in [2.45, 2.75) is 17.2 Å². The van der Waals surface area contributed by atoms with Gasteiger partial charge >= 0.3 is 24.3 Å². The number of halogens is 6. The number of anilines is 2. The molecule has 4 heterocycles. The van der Waals surface area contributed by atoms with Crippen LogP contribution >= 0.6 is 0 Å². The fourth-order valence-electron chi connectivity index (χ4n) is 3.43. The molecule has 0 aliphatic carbocycles. The summed E-state index contributed by atoms with van der Waals surface area (Å²) in [7, 11) is 0. The van der Waals surface area contributed by atoms with Crippen molar-refractivity contribution in [3.05, 3.63) is 60.6 Å². The second-order valence-electron chi connectivity index (χ2n) is 8.13. The van der Waals surface area contributed by atoms with Crippen molar-refractivity contribution in [3.8, 4) is 40.0 Å². The van der Waals surface area contributed by atoms with Crippen LogP contribution < -0.4 is 5.32 Å². The van der Waals surface area contributed by atoms with E-state index in [2.05, 4.69) is 26.3 Å². The van der Waals surface area contributed by atoms with E-state index in [-0.39, 0.29) is 0 Å². The number of nitrogens with zero attached hydrogens (tertiary/aromatic N) is 4. The summed E-state index contributed by atoms with van der Waals surface area (Å²) in [6.07, 6.45) is -3.39. The van der Waals surface area contributed by atoms with Crippen molar-refractivity contribution in [1.82, 2.24) is 19.9 Å². The van der Waals surface area contributed by atoms with Crippen molar-refractivity contribution in [1.29, 1.82) is 5.26 Å². The van der Waals surface area contributed by atoms with Crippen LogP contribution in [0, 0.1) is 11.3 Å².